The summed E-state index contributed by atoms with van der Waals surface area (Å²) in [4.78, 5) is 38.1. The second-order valence-electron chi connectivity index (χ2n) is 7.61. The number of nitrogens with zero attached hydrogens (tertiary/aromatic N) is 1. The highest BCUT2D eigenvalue weighted by molar-refractivity contribution is 5.96. The van der Waals surface area contributed by atoms with Gasteiger partial charge < -0.3 is 15.0 Å². The predicted octanol–water partition coefficient (Wildman–Crippen LogP) is 4.10. The quantitative estimate of drug-likeness (QED) is 0.700. The molecule has 30 heavy (non-hydrogen) atoms. The Balaban J connectivity index is 1.57. The molecule has 1 aliphatic carbocycles. The largest absolute Gasteiger partial charge is 0.455 e. The fourth-order valence-corrected chi connectivity index (χ4v) is 3.82. The van der Waals surface area contributed by atoms with Crippen molar-refractivity contribution in [2.75, 3.05) is 16.8 Å². The minimum Gasteiger partial charge on any atom is -0.455 e. The molecular formula is C24H28N2O4. The number of carbonyl (C=O) groups excluding carboxylic acids is 3. The maximum Gasteiger partial charge on any atom is 0.310 e. The molecule has 3 rings (SSSR count). The van der Waals surface area contributed by atoms with Gasteiger partial charge in [0.15, 0.2) is 6.61 Å². The summed E-state index contributed by atoms with van der Waals surface area (Å²) in [5, 5.41) is 2.68. The number of rotatable bonds is 7. The van der Waals surface area contributed by atoms with E-state index in [1.54, 1.807) is 29.2 Å². The van der Waals surface area contributed by atoms with E-state index in [0.29, 0.717) is 5.69 Å². The van der Waals surface area contributed by atoms with E-state index in [9.17, 15) is 14.4 Å². The van der Waals surface area contributed by atoms with Gasteiger partial charge in [0.1, 0.15) is 0 Å². The van der Waals surface area contributed by atoms with Gasteiger partial charge in [-0.2, -0.15) is 0 Å². The Kier molecular flexibility index (Phi) is 7.60. The summed E-state index contributed by atoms with van der Waals surface area (Å²) in [5.41, 5.74) is 2.27. The molecular weight excluding hydrogens is 380 g/mol. The lowest BCUT2D eigenvalue weighted by Crippen LogP contribution is -2.44. The second-order valence-corrected chi connectivity index (χ2v) is 7.61. The highest BCUT2D eigenvalue weighted by Gasteiger charge is 2.27. The first-order chi connectivity index (χ1) is 14.5. The fourth-order valence-electron chi connectivity index (χ4n) is 3.82. The number of carbonyl (C=O) groups is 3. The molecule has 6 nitrogen and oxygen atoms in total. The van der Waals surface area contributed by atoms with Gasteiger partial charge in [-0.05, 0) is 42.7 Å². The zero-order valence-corrected chi connectivity index (χ0v) is 17.3. The number of benzene rings is 2. The Morgan fingerprint density at radius 1 is 0.967 bits per heavy atom. The van der Waals surface area contributed by atoms with Crippen LogP contribution in [0.4, 0.5) is 11.4 Å². The van der Waals surface area contributed by atoms with E-state index in [-0.39, 0.29) is 30.9 Å². The van der Waals surface area contributed by atoms with Crippen LogP contribution in [-0.4, -0.2) is 30.4 Å². The van der Waals surface area contributed by atoms with Crippen LogP contribution >= 0.6 is 0 Å². The van der Waals surface area contributed by atoms with E-state index in [2.05, 4.69) is 5.32 Å². The standard InChI is InChI=1S/C24H28N2O4/c1-18(27)25-20-14-12-19(13-15-20)16-24(29)30-17-23(28)26(21-8-4-2-5-9-21)22-10-6-3-7-11-22/h2,4-5,8-9,12-15,22H,3,6-7,10-11,16-17H2,1H3,(H,25,27). The number of para-hydroxylation sites is 1. The van der Waals surface area contributed by atoms with E-state index in [1.165, 1.54) is 13.3 Å². The molecule has 1 aliphatic rings. The summed E-state index contributed by atoms with van der Waals surface area (Å²) in [5.74, 6) is -0.795. The van der Waals surface area contributed by atoms with Gasteiger partial charge in [0.2, 0.25) is 5.91 Å². The van der Waals surface area contributed by atoms with Crippen molar-refractivity contribution in [2.45, 2.75) is 51.5 Å². The molecule has 6 heteroatoms. The van der Waals surface area contributed by atoms with Crippen molar-refractivity contribution >= 4 is 29.2 Å². The first-order valence-electron chi connectivity index (χ1n) is 10.4. The second kappa shape index (κ2) is 10.6. The average molecular weight is 408 g/mol. The number of hydrogen-bond donors (Lipinski definition) is 1. The van der Waals surface area contributed by atoms with Crippen molar-refractivity contribution in [3.05, 3.63) is 60.2 Å². The molecule has 1 N–H and O–H groups in total. The average Bonchev–Trinajstić information content (AvgIpc) is 2.75. The number of amides is 2. The lowest BCUT2D eigenvalue weighted by Gasteiger charge is -2.34. The van der Waals surface area contributed by atoms with E-state index in [0.717, 1.165) is 36.9 Å². The summed E-state index contributed by atoms with van der Waals surface area (Å²) < 4.78 is 5.30. The molecule has 2 aromatic carbocycles. The van der Waals surface area contributed by atoms with Gasteiger partial charge in [0.05, 0.1) is 6.42 Å². The fraction of sp³-hybridized carbons (Fsp3) is 0.375. The Morgan fingerprint density at radius 2 is 1.63 bits per heavy atom. The van der Waals surface area contributed by atoms with Crippen molar-refractivity contribution < 1.29 is 19.1 Å². The molecule has 0 bridgehead atoms. The number of esters is 1. The van der Waals surface area contributed by atoms with Gasteiger partial charge in [-0.15, -0.1) is 0 Å². The van der Waals surface area contributed by atoms with E-state index in [1.807, 2.05) is 30.3 Å². The van der Waals surface area contributed by atoms with Gasteiger partial charge in [0.25, 0.3) is 5.91 Å². The van der Waals surface area contributed by atoms with Crippen LogP contribution in [0.5, 0.6) is 0 Å². The van der Waals surface area contributed by atoms with Crippen LogP contribution < -0.4 is 10.2 Å². The molecule has 1 saturated carbocycles. The summed E-state index contributed by atoms with van der Waals surface area (Å²) in [6.07, 6.45) is 5.42. The van der Waals surface area contributed by atoms with Crippen LogP contribution in [0, 0.1) is 0 Å². The molecule has 2 amide bonds. The lowest BCUT2D eigenvalue weighted by molar-refractivity contribution is -0.147. The van der Waals surface area contributed by atoms with E-state index < -0.39 is 5.97 Å². The smallest absolute Gasteiger partial charge is 0.310 e. The van der Waals surface area contributed by atoms with Crippen LogP contribution in [0.3, 0.4) is 0 Å². The molecule has 2 aromatic rings. The lowest BCUT2D eigenvalue weighted by atomic mass is 9.93. The zero-order chi connectivity index (χ0) is 21.3. The monoisotopic (exact) mass is 408 g/mol. The first-order valence-corrected chi connectivity index (χ1v) is 10.4. The summed E-state index contributed by atoms with van der Waals surface area (Å²) in [7, 11) is 0. The van der Waals surface area contributed by atoms with Crippen molar-refractivity contribution in [1.82, 2.24) is 0 Å². The summed E-state index contributed by atoms with van der Waals surface area (Å²) >= 11 is 0. The molecule has 0 aromatic heterocycles. The summed E-state index contributed by atoms with van der Waals surface area (Å²) in [6.45, 7) is 1.17. The number of anilines is 2. The van der Waals surface area contributed by atoms with Gasteiger partial charge in [-0.1, -0.05) is 49.6 Å². The molecule has 0 radical (unpaired) electrons. The maximum atomic E-state index is 13.0. The Morgan fingerprint density at radius 3 is 2.27 bits per heavy atom. The first kappa shape index (κ1) is 21.6. The predicted molar refractivity (Wildman–Crippen MR) is 116 cm³/mol. The highest BCUT2D eigenvalue weighted by atomic mass is 16.5. The van der Waals surface area contributed by atoms with Crippen molar-refractivity contribution in [2.24, 2.45) is 0 Å². The minimum absolute atomic E-state index is 0.0718. The van der Waals surface area contributed by atoms with Gasteiger partial charge >= 0.3 is 5.97 Å². The van der Waals surface area contributed by atoms with Crippen molar-refractivity contribution in [3.63, 3.8) is 0 Å². The molecule has 0 spiro atoms. The molecule has 0 unspecified atom stereocenters. The van der Waals surface area contributed by atoms with Crippen LogP contribution in [-0.2, 0) is 25.5 Å². The maximum absolute atomic E-state index is 13.0. The van der Waals surface area contributed by atoms with Gasteiger partial charge in [-0.3, -0.25) is 14.4 Å². The molecule has 0 aliphatic heterocycles. The third kappa shape index (κ3) is 6.17. The molecule has 1 fully saturated rings. The third-order valence-corrected chi connectivity index (χ3v) is 5.22. The van der Waals surface area contributed by atoms with Crippen LogP contribution in [0.15, 0.2) is 54.6 Å². The number of hydrogen-bond acceptors (Lipinski definition) is 4. The Hall–Kier alpha value is -3.15. The van der Waals surface area contributed by atoms with Crippen LogP contribution in [0.25, 0.3) is 0 Å². The molecule has 0 saturated heterocycles. The van der Waals surface area contributed by atoms with Gasteiger partial charge in [0, 0.05) is 24.3 Å². The topological polar surface area (TPSA) is 75.7 Å². The van der Waals surface area contributed by atoms with E-state index >= 15 is 0 Å². The Bertz CT molecular complexity index is 859. The molecule has 0 atom stereocenters. The SMILES string of the molecule is CC(=O)Nc1ccc(CC(=O)OCC(=O)N(c2ccccc2)C2CCCCC2)cc1. The minimum atomic E-state index is -0.452. The molecule has 158 valence electrons. The zero-order valence-electron chi connectivity index (χ0n) is 17.3. The molecule has 0 heterocycles. The Labute approximate surface area is 177 Å². The highest BCUT2D eigenvalue weighted by Crippen LogP contribution is 2.27. The van der Waals surface area contributed by atoms with Crippen molar-refractivity contribution in [3.8, 4) is 0 Å². The normalized spacial score (nSPS) is 14.0. The van der Waals surface area contributed by atoms with Crippen LogP contribution in [0.1, 0.15) is 44.6 Å². The van der Waals surface area contributed by atoms with Crippen molar-refractivity contribution in [1.29, 1.82) is 0 Å². The number of ether oxygens (including phenoxy) is 1. The van der Waals surface area contributed by atoms with Crippen LogP contribution in [0.2, 0.25) is 0 Å². The van der Waals surface area contributed by atoms with Gasteiger partial charge in [-0.25, -0.2) is 0 Å². The third-order valence-electron chi connectivity index (χ3n) is 5.22. The number of nitrogens with one attached hydrogen (secondary N) is 1. The summed E-state index contributed by atoms with van der Waals surface area (Å²) in [6, 6.07) is 16.7. The van der Waals surface area contributed by atoms with E-state index in [4.69, 9.17) is 4.74 Å².